The summed E-state index contributed by atoms with van der Waals surface area (Å²) in [5.74, 6) is -0.264. The Morgan fingerprint density at radius 1 is 1.07 bits per heavy atom. The maximum absolute atomic E-state index is 12.9. The number of ether oxygens (including phenoxy) is 1. The number of amides is 2. The first-order chi connectivity index (χ1) is 14.1. The van der Waals surface area contributed by atoms with Crippen LogP contribution in [-0.4, -0.2) is 41.9 Å². The van der Waals surface area contributed by atoms with Gasteiger partial charge in [-0.1, -0.05) is 31.4 Å². The topological polar surface area (TPSA) is 75.7 Å². The molecule has 1 atom stereocenters. The molecule has 1 aromatic rings. The van der Waals surface area contributed by atoms with E-state index >= 15 is 0 Å². The van der Waals surface area contributed by atoms with Crippen molar-refractivity contribution in [3.05, 3.63) is 35.9 Å². The van der Waals surface area contributed by atoms with Gasteiger partial charge in [-0.2, -0.15) is 0 Å². The molecule has 1 aliphatic heterocycles. The highest BCUT2D eigenvalue weighted by Crippen LogP contribution is 2.29. The van der Waals surface area contributed by atoms with Crippen molar-refractivity contribution in [1.29, 1.82) is 0 Å². The zero-order valence-electron chi connectivity index (χ0n) is 17.1. The fourth-order valence-electron chi connectivity index (χ4n) is 4.14. The molecular weight excluding hydrogens is 368 g/mol. The summed E-state index contributed by atoms with van der Waals surface area (Å²) in [6.45, 7) is 2.78. The second-order valence-electron chi connectivity index (χ2n) is 7.72. The second-order valence-corrected chi connectivity index (χ2v) is 7.72. The molecule has 1 aromatic carbocycles. The molecule has 6 nitrogen and oxygen atoms in total. The number of hydrogen-bond donors (Lipinski definition) is 1. The number of nitrogens with zero attached hydrogens (tertiary/aromatic N) is 1. The van der Waals surface area contributed by atoms with Crippen LogP contribution in [0, 0.1) is 5.92 Å². The largest absolute Gasteiger partial charge is 0.463 e. The number of likely N-dealkylation sites (tertiary alicyclic amines) is 1. The molecule has 1 N–H and O–H groups in total. The summed E-state index contributed by atoms with van der Waals surface area (Å²) in [7, 11) is 0. The highest BCUT2D eigenvalue weighted by Gasteiger charge is 2.37. The van der Waals surface area contributed by atoms with Crippen molar-refractivity contribution in [3.8, 4) is 0 Å². The standard InChI is InChI=1S/C23H30N2O4/c1-2-29-21(26)15-12-17-10-13-19(14-11-17)24-22(27)20-9-6-16-25(20)23(28)18-7-4-3-5-8-18/h10-15,18,20H,2-9,16H2,1H3,(H,24,27)/b15-12+. The van der Waals surface area contributed by atoms with Gasteiger partial charge in [0.2, 0.25) is 11.8 Å². The van der Waals surface area contributed by atoms with Gasteiger partial charge in [-0.25, -0.2) is 4.79 Å². The van der Waals surface area contributed by atoms with Gasteiger partial charge in [-0.15, -0.1) is 0 Å². The predicted molar refractivity (Wildman–Crippen MR) is 112 cm³/mol. The van der Waals surface area contributed by atoms with Crippen LogP contribution < -0.4 is 5.32 Å². The number of rotatable bonds is 6. The fourth-order valence-corrected chi connectivity index (χ4v) is 4.14. The van der Waals surface area contributed by atoms with E-state index in [9.17, 15) is 14.4 Å². The van der Waals surface area contributed by atoms with Gasteiger partial charge < -0.3 is 15.0 Å². The maximum atomic E-state index is 12.9. The fraction of sp³-hybridized carbons (Fsp3) is 0.522. The van der Waals surface area contributed by atoms with E-state index in [0.29, 0.717) is 25.3 Å². The van der Waals surface area contributed by atoms with E-state index in [2.05, 4.69) is 5.32 Å². The van der Waals surface area contributed by atoms with Gasteiger partial charge in [0.15, 0.2) is 0 Å². The van der Waals surface area contributed by atoms with E-state index in [1.807, 2.05) is 12.1 Å². The normalized spacial score (nSPS) is 20.0. The first kappa shape index (κ1) is 21.1. The molecule has 0 radical (unpaired) electrons. The number of nitrogens with one attached hydrogen (secondary N) is 1. The van der Waals surface area contributed by atoms with Gasteiger partial charge in [0.25, 0.3) is 0 Å². The van der Waals surface area contributed by atoms with Crippen molar-refractivity contribution >= 4 is 29.5 Å². The van der Waals surface area contributed by atoms with Crippen molar-refractivity contribution in [2.75, 3.05) is 18.5 Å². The van der Waals surface area contributed by atoms with E-state index in [-0.39, 0.29) is 29.7 Å². The average molecular weight is 399 g/mol. The van der Waals surface area contributed by atoms with Crippen molar-refractivity contribution in [1.82, 2.24) is 4.90 Å². The minimum Gasteiger partial charge on any atom is -0.463 e. The van der Waals surface area contributed by atoms with Crippen LogP contribution in [0.3, 0.4) is 0 Å². The van der Waals surface area contributed by atoms with Gasteiger partial charge in [-0.05, 0) is 56.4 Å². The molecule has 2 aliphatic rings. The smallest absolute Gasteiger partial charge is 0.330 e. The Kier molecular flexibility index (Phi) is 7.44. The summed E-state index contributed by atoms with van der Waals surface area (Å²) in [4.78, 5) is 38.9. The Morgan fingerprint density at radius 3 is 2.48 bits per heavy atom. The van der Waals surface area contributed by atoms with E-state index < -0.39 is 0 Å². The highest BCUT2D eigenvalue weighted by molar-refractivity contribution is 5.98. The molecule has 2 amide bonds. The average Bonchev–Trinajstić information content (AvgIpc) is 3.24. The minimum absolute atomic E-state index is 0.0858. The third kappa shape index (κ3) is 5.68. The molecule has 0 spiro atoms. The summed E-state index contributed by atoms with van der Waals surface area (Å²) in [5, 5.41) is 2.94. The molecule has 0 aromatic heterocycles. The van der Waals surface area contributed by atoms with Gasteiger partial charge in [0.05, 0.1) is 6.61 Å². The molecule has 1 heterocycles. The zero-order valence-corrected chi connectivity index (χ0v) is 17.1. The first-order valence-electron chi connectivity index (χ1n) is 10.6. The number of anilines is 1. The second kappa shape index (κ2) is 10.2. The van der Waals surface area contributed by atoms with Crippen LogP contribution in [0.2, 0.25) is 0 Å². The summed E-state index contributed by atoms with van der Waals surface area (Å²) in [6, 6.07) is 6.86. The lowest BCUT2D eigenvalue weighted by Gasteiger charge is -2.30. The lowest BCUT2D eigenvalue weighted by Crippen LogP contribution is -2.46. The van der Waals surface area contributed by atoms with Crippen molar-refractivity contribution in [2.24, 2.45) is 5.92 Å². The lowest BCUT2D eigenvalue weighted by molar-refractivity contribution is -0.141. The predicted octanol–water partition coefficient (Wildman–Crippen LogP) is 3.77. The van der Waals surface area contributed by atoms with E-state index in [1.54, 1.807) is 30.0 Å². The van der Waals surface area contributed by atoms with Crippen LogP contribution in [0.1, 0.15) is 57.4 Å². The molecule has 156 valence electrons. The number of hydrogen-bond acceptors (Lipinski definition) is 4. The molecule has 0 bridgehead atoms. The SMILES string of the molecule is CCOC(=O)/C=C/c1ccc(NC(=O)C2CCCN2C(=O)C2CCCCC2)cc1. The van der Waals surface area contributed by atoms with Crippen LogP contribution in [0.5, 0.6) is 0 Å². The van der Waals surface area contributed by atoms with Gasteiger partial charge >= 0.3 is 5.97 Å². The third-order valence-corrected chi connectivity index (χ3v) is 5.67. The Hall–Kier alpha value is -2.63. The monoisotopic (exact) mass is 398 g/mol. The molecule has 3 rings (SSSR count). The summed E-state index contributed by atoms with van der Waals surface area (Å²) in [5.41, 5.74) is 1.52. The van der Waals surface area contributed by atoms with Gasteiger partial charge in [0, 0.05) is 24.2 Å². The summed E-state index contributed by atoms with van der Waals surface area (Å²) >= 11 is 0. The Labute approximate surface area is 172 Å². The van der Waals surface area contributed by atoms with Crippen molar-refractivity contribution < 1.29 is 19.1 Å². The maximum Gasteiger partial charge on any atom is 0.330 e. The number of benzene rings is 1. The van der Waals surface area contributed by atoms with E-state index in [0.717, 1.165) is 37.7 Å². The summed E-state index contributed by atoms with van der Waals surface area (Å²) in [6.07, 6.45) is 9.96. The van der Waals surface area contributed by atoms with E-state index in [4.69, 9.17) is 4.74 Å². The Balaban J connectivity index is 1.57. The Bertz CT molecular complexity index is 751. The molecule has 1 saturated heterocycles. The zero-order chi connectivity index (χ0) is 20.6. The van der Waals surface area contributed by atoms with Gasteiger partial charge in [0.1, 0.15) is 6.04 Å². The molecule has 1 aliphatic carbocycles. The van der Waals surface area contributed by atoms with Crippen molar-refractivity contribution in [2.45, 2.75) is 57.9 Å². The van der Waals surface area contributed by atoms with Crippen LogP contribution >= 0.6 is 0 Å². The molecule has 2 fully saturated rings. The third-order valence-electron chi connectivity index (χ3n) is 5.67. The number of esters is 1. The van der Waals surface area contributed by atoms with Crippen LogP contribution in [0.15, 0.2) is 30.3 Å². The van der Waals surface area contributed by atoms with Gasteiger partial charge in [-0.3, -0.25) is 9.59 Å². The van der Waals surface area contributed by atoms with Crippen LogP contribution in [0.25, 0.3) is 6.08 Å². The molecule has 29 heavy (non-hydrogen) atoms. The number of carbonyl (C=O) groups excluding carboxylic acids is 3. The molecule has 6 heteroatoms. The van der Waals surface area contributed by atoms with Crippen molar-refractivity contribution in [3.63, 3.8) is 0 Å². The Morgan fingerprint density at radius 2 is 1.79 bits per heavy atom. The van der Waals surface area contributed by atoms with Crippen LogP contribution in [0.4, 0.5) is 5.69 Å². The first-order valence-corrected chi connectivity index (χ1v) is 10.6. The van der Waals surface area contributed by atoms with E-state index in [1.165, 1.54) is 12.5 Å². The quantitative estimate of drug-likeness (QED) is 0.585. The molecular formula is C23H30N2O4. The minimum atomic E-state index is -0.382. The summed E-state index contributed by atoms with van der Waals surface area (Å²) < 4.78 is 4.86. The molecule has 1 unspecified atom stereocenters. The molecule has 1 saturated carbocycles. The number of carbonyl (C=O) groups is 3. The highest BCUT2D eigenvalue weighted by atomic mass is 16.5. The lowest BCUT2D eigenvalue weighted by atomic mass is 9.88. The van der Waals surface area contributed by atoms with Crippen LogP contribution in [-0.2, 0) is 19.1 Å².